The van der Waals surface area contributed by atoms with Crippen LogP contribution in [0.3, 0.4) is 0 Å². The Balaban J connectivity index is 1.73. The lowest BCUT2D eigenvalue weighted by molar-refractivity contribution is -0.0388. The Morgan fingerprint density at radius 3 is 2.91 bits per heavy atom. The van der Waals surface area contributed by atoms with Crippen molar-refractivity contribution in [1.29, 1.82) is 0 Å². The lowest BCUT2D eigenvalue weighted by atomic mass is 10.2. The van der Waals surface area contributed by atoms with Gasteiger partial charge in [-0.2, -0.15) is 0 Å². The number of halogens is 1. The molecule has 1 fully saturated rings. The number of hydrogen-bond donors (Lipinski definition) is 2. The third-order valence-electron chi connectivity index (χ3n) is 3.71. The highest BCUT2D eigenvalue weighted by molar-refractivity contribution is 5.89. The zero-order chi connectivity index (χ0) is 16.2. The monoisotopic (exact) mass is 319 g/mol. The molecular weight excluding hydrogens is 301 g/mol. The summed E-state index contributed by atoms with van der Waals surface area (Å²) in [5, 5.41) is 11.9. The number of urea groups is 1. The second kappa shape index (κ2) is 6.80. The summed E-state index contributed by atoms with van der Waals surface area (Å²) in [5.74, 6) is -0.370. The molecule has 122 valence electrons. The van der Waals surface area contributed by atoms with Crippen molar-refractivity contribution in [2.45, 2.75) is 6.10 Å². The number of hydrogen-bond acceptors (Lipinski definition) is 3. The molecule has 1 saturated heterocycles. The van der Waals surface area contributed by atoms with Gasteiger partial charge in [-0.1, -0.05) is 0 Å². The first-order chi connectivity index (χ1) is 11.2. The van der Waals surface area contributed by atoms with Gasteiger partial charge in [0, 0.05) is 24.6 Å². The fraction of sp³-hybridized carbons (Fsp3) is 0.312. The average Bonchev–Trinajstić information content (AvgIpc) is 3.11. The molecule has 0 radical (unpaired) electrons. The summed E-state index contributed by atoms with van der Waals surface area (Å²) in [6.07, 6.45) is 3.11. The molecule has 23 heavy (non-hydrogen) atoms. The van der Waals surface area contributed by atoms with Crippen molar-refractivity contribution in [3.05, 3.63) is 48.5 Å². The van der Waals surface area contributed by atoms with Crippen LogP contribution in [-0.4, -0.2) is 53.0 Å². The smallest absolute Gasteiger partial charge is 0.322 e. The molecule has 0 unspecified atom stereocenters. The molecule has 0 spiro atoms. The SMILES string of the molecule is O=C(Nc1ccc(F)c(-n2cccc2)c1)N1CCO[C@@H](CO)C1. The fourth-order valence-corrected chi connectivity index (χ4v) is 2.50. The highest BCUT2D eigenvalue weighted by atomic mass is 19.1. The first kappa shape index (κ1) is 15.5. The summed E-state index contributed by atoms with van der Waals surface area (Å²) < 4.78 is 20.9. The first-order valence-corrected chi connectivity index (χ1v) is 7.38. The molecular formula is C16H18FN3O3. The van der Waals surface area contributed by atoms with Gasteiger partial charge >= 0.3 is 6.03 Å². The van der Waals surface area contributed by atoms with E-state index in [0.29, 0.717) is 31.1 Å². The molecule has 2 heterocycles. The Bertz CT molecular complexity index is 675. The molecule has 1 aliphatic rings. The Morgan fingerprint density at radius 1 is 1.39 bits per heavy atom. The van der Waals surface area contributed by atoms with Gasteiger partial charge in [-0.15, -0.1) is 0 Å². The number of carbonyl (C=O) groups is 1. The first-order valence-electron chi connectivity index (χ1n) is 7.38. The van der Waals surface area contributed by atoms with Crippen molar-refractivity contribution < 1.29 is 19.0 Å². The molecule has 1 atom stereocenters. The zero-order valence-corrected chi connectivity index (χ0v) is 12.5. The Hall–Kier alpha value is -2.38. The minimum atomic E-state index is -0.370. The van der Waals surface area contributed by atoms with Gasteiger partial charge in [0.15, 0.2) is 0 Å². The van der Waals surface area contributed by atoms with Crippen molar-refractivity contribution in [2.24, 2.45) is 0 Å². The number of aromatic nitrogens is 1. The van der Waals surface area contributed by atoms with Gasteiger partial charge in [0.05, 0.1) is 31.5 Å². The number of nitrogens with zero attached hydrogens (tertiary/aromatic N) is 2. The van der Waals surface area contributed by atoms with Crippen LogP contribution < -0.4 is 5.32 Å². The van der Waals surface area contributed by atoms with E-state index in [4.69, 9.17) is 9.84 Å². The third kappa shape index (κ3) is 3.52. The van der Waals surface area contributed by atoms with Gasteiger partial charge in [-0.25, -0.2) is 9.18 Å². The fourth-order valence-electron chi connectivity index (χ4n) is 2.50. The number of rotatable bonds is 3. The molecule has 3 rings (SSSR count). The minimum absolute atomic E-state index is 0.127. The molecule has 1 aliphatic heterocycles. The maximum Gasteiger partial charge on any atom is 0.322 e. The van der Waals surface area contributed by atoms with Gasteiger partial charge in [0.2, 0.25) is 0 Å². The van der Waals surface area contributed by atoms with Crippen molar-refractivity contribution in [3.63, 3.8) is 0 Å². The molecule has 2 N–H and O–H groups in total. The maximum absolute atomic E-state index is 13.9. The Labute approximate surface area is 133 Å². The van der Waals surface area contributed by atoms with Gasteiger partial charge in [0.25, 0.3) is 0 Å². The maximum atomic E-state index is 13.9. The number of morpholine rings is 1. The van der Waals surface area contributed by atoms with Crippen LogP contribution in [0.4, 0.5) is 14.9 Å². The Morgan fingerprint density at radius 2 is 2.17 bits per heavy atom. The summed E-state index contributed by atoms with van der Waals surface area (Å²) >= 11 is 0. The van der Waals surface area contributed by atoms with E-state index >= 15 is 0 Å². The van der Waals surface area contributed by atoms with Crippen LogP contribution in [0.2, 0.25) is 0 Å². The molecule has 1 aromatic carbocycles. The van der Waals surface area contributed by atoms with Crippen LogP contribution in [0, 0.1) is 5.82 Å². The molecule has 2 amide bonds. The lowest BCUT2D eigenvalue weighted by Gasteiger charge is -2.32. The molecule has 1 aromatic heterocycles. The van der Waals surface area contributed by atoms with Crippen molar-refractivity contribution in [2.75, 3.05) is 31.6 Å². The van der Waals surface area contributed by atoms with Gasteiger partial charge in [0.1, 0.15) is 5.82 Å². The highest BCUT2D eigenvalue weighted by Gasteiger charge is 2.23. The van der Waals surface area contributed by atoms with Gasteiger partial charge < -0.3 is 24.6 Å². The topological polar surface area (TPSA) is 66.7 Å². The zero-order valence-electron chi connectivity index (χ0n) is 12.5. The Kier molecular flexibility index (Phi) is 4.59. The summed E-state index contributed by atoms with van der Waals surface area (Å²) in [7, 11) is 0. The van der Waals surface area contributed by atoms with Crippen LogP contribution in [0.5, 0.6) is 0 Å². The van der Waals surface area contributed by atoms with E-state index in [1.807, 2.05) is 0 Å². The van der Waals surface area contributed by atoms with Crippen LogP contribution in [-0.2, 0) is 4.74 Å². The van der Waals surface area contributed by atoms with Crippen LogP contribution in [0.15, 0.2) is 42.7 Å². The number of carbonyl (C=O) groups excluding carboxylic acids is 1. The van der Waals surface area contributed by atoms with Crippen LogP contribution in [0.25, 0.3) is 5.69 Å². The summed E-state index contributed by atoms with van der Waals surface area (Å²) in [6, 6.07) is 7.72. The molecule has 0 bridgehead atoms. The van der Waals surface area contributed by atoms with Crippen molar-refractivity contribution >= 4 is 11.7 Å². The highest BCUT2D eigenvalue weighted by Crippen LogP contribution is 2.19. The second-order valence-electron chi connectivity index (χ2n) is 5.31. The van der Waals surface area contributed by atoms with Crippen molar-refractivity contribution in [3.8, 4) is 5.69 Å². The van der Waals surface area contributed by atoms with E-state index < -0.39 is 0 Å². The minimum Gasteiger partial charge on any atom is -0.394 e. The quantitative estimate of drug-likeness (QED) is 0.907. The largest absolute Gasteiger partial charge is 0.394 e. The van der Waals surface area contributed by atoms with E-state index in [9.17, 15) is 9.18 Å². The predicted molar refractivity (Wildman–Crippen MR) is 83.1 cm³/mol. The van der Waals surface area contributed by atoms with Gasteiger partial charge in [-0.3, -0.25) is 0 Å². The number of benzene rings is 1. The average molecular weight is 319 g/mol. The second-order valence-corrected chi connectivity index (χ2v) is 5.31. The number of ether oxygens (including phenoxy) is 1. The third-order valence-corrected chi connectivity index (χ3v) is 3.71. The summed E-state index contributed by atoms with van der Waals surface area (Å²) in [5.41, 5.74) is 0.871. The van der Waals surface area contributed by atoms with Crippen LogP contribution >= 0.6 is 0 Å². The van der Waals surface area contributed by atoms with Gasteiger partial charge in [-0.05, 0) is 30.3 Å². The van der Waals surface area contributed by atoms with E-state index in [0.717, 1.165) is 0 Å². The summed E-state index contributed by atoms with van der Waals surface area (Å²) in [6.45, 7) is 1.04. The molecule has 0 saturated carbocycles. The molecule has 6 nitrogen and oxygen atoms in total. The van der Waals surface area contributed by atoms with Crippen molar-refractivity contribution in [1.82, 2.24) is 9.47 Å². The normalized spacial score (nSPS) is 18.0. The number of aliphatic hydroxyl groups is 1. The number of nitrogens with one attached hydrogen (secondary N) is 1. The molecule has 0 aliphatic carbocycles. The molecule has 7 heteroatoms. The van der Waals surface area contributed by atoms with E-state index in [2.05, 4.69) is 5.32 Å². The number of aliphatic hydroxyl groups excluding tert-OH is 1. The van der Waals surface area contributed by atoms with E-state index in [-0.39, 0.29) is 24.6 Å². The van der Waals surface area contributed by atoms with E-state index in [1.54, 1.807) is 40.1 Å². The standard InChI is InChI=1S/C16H18FN3O3/c17-14-4-3-12(9-15(14)19-5-1-2-6-19)18-16(22)20-7-8-23-13(10-20)11-21/h1-6,9,13,21H,7-8,10-11H2,(H,18,22)/t13-/m1/s1. The van der Waals surface area contributed by atoms with Crippen LogP contribution in [0.1, 0.15) is 0 Å². The lowest BCUT2D eigenvalue weighted by Crippen LogP contribution is -2.48. The number of anilines is 1. The molecule has 2 aromatic rings. The van der Waals surface area contributed by atoms with E-state index in [1.165, 1.54) is 12.1 Å². The predicted octanol–water partition coefficient (Wildman–Crippen LogP) is 1.84. The number of amides is 2. The summed E-state index contributed by atoms with van der Waals surface area (Å²) in [4.78, 5) is 13.9.